The minimum absolute atomic E-state index is 0.0825. The molecule has 5 nitrogen and oxygen atoms in total. The molecule has 1 amide bonds. The van der Waals surface area contributed by atoms with Crippen LogP contribution in [-0.4, -0.2) is 61.6 Å². The fraction of sp³-hybridized carbons (Fsp3) is 0.632. The molecule has 1 aliphatic heterocycles. The SMILES string of the molecule is COc1ccc(OCC(=O)N2CCCN(C3CCCC3)CC2)cc1. The first-order valence-electron chi connectivity index (χ1n) is 9.05. The Hall–Kier alpha value is -1.75. The zero-order chi connectivity index (χ0) is 16.8. The summed E-state index contributed by atoms with van der Waals surface area (Å²) >= 11 is 0. The molecule has 24 heavy (non-hydrogen) atoms. The molecule has 0 spiro atoms. The highest BCUT2D eigenvalue weighted by atomic mass is 16.5. The molecule has 5 heteroatoms. The van der Waals surface area contributed by atoms with Gasteiger partial charge in [-0.2, -0.15) is 0 Å². The van der Waals surface area contributed by atoms with E-state index < -0.39 is 0 Å². The summed E-state index contributed by atoms with van der Waals surface area (Å²) in [5.74, 6) is 1.57. The molecule has 0 aromatic heterocycles. The van der Waals surface area contributed by atoms with Gasteiger partial charge in [-0.1, -0.05) is 12.8 Å². The average molecular weight is 332 g/mol. The van der Waals surface area contributed by atoms with Gasteiger partial charge in [-0.05, 0) is 43.5 Å². The maximum atomic E-state index is 12.4. The number of hydrogen-bond acceptors (Lipinski definition) is 4. The summed E-state index contributed by atoms with van der Waals surface area (Å²) < 4.78 is 10.7. The molecule has 132 valence electrons. The van der Waals surface area contributed by atoms with Gasteiger partial charge in [0.2, 0.25) is 0 Å². The van der Waals surface area contributed by atoms with Crippen molar-refractivity contribution in [1.29, 1.82) is 0 Å². The summed E-state index contributed by atoms with van der Waals surface area (Å²) in [4.78, 5) is 17.0. The van der Waals surface area contributed by atoms with Crippen molar-refractivity contribution in [3.05, 3.63) is 24.3 Å². The normalized spacial score (nSPS) is 20.0. The summed E-state index contributed by atoms with van der Waals surface area (Å²) in [6, 6.07) is 8.08. The number of carbonyl (C=O) groups is 1. The molecule has 1 aromatic carbocycles. The van der Waals surface area contributed by atoms with Gasteiger partial charge < -0.3 is 14.4 Å². The van der Waals surface area contributed by atoms with E-state index in [4.69, 9.17) is 9.47 Å². The van der Waals surface area contributed by atoms with Crippen LogP contribution in [0, 0.1) is 0 Å². The zero-order valence-electron chi connectivity index (χ0n) is 14.6. The minimum Gasteiger partial charge on any atom is -0.497 e. The van der Waals surface area contributed by atoms with E-state index in [2.05, 4.69) is 4.90 Å². The van der Waals surface area contributed by atoms with Gasteiger partial charge in [0, 0.05) is 32.2 Å². The van der Waals surface area contributed by atoms with Crippen LogP contribution in [0.2, 0.25) is 0 Å². The molecule has 0 unspecified atom stereocenters. The fourth-order valence-electron chi connectivity index (χ4n) is 3.73. The molecule has 1 heterocycles. The summed E-state index contributed by atoms with van der Waals surface area (Å²) in [6.45, 7) is 3.89. The number of benzene rings is 1. The van der Waals surface area contributed by atoms with Gasteiger partial charge in [0.15, 0.2) is 6.61 Å². The van der Waals surface area contributed by atoms with Crippen LogP contribution < -0.4 is 9.47 Å². The Bertz CT molecular complexity index is 526. The molecule has 0 radical (unpaired) electrons. The van der Waals surface area contributed by atoms with E-state index >= 15 is 0 Å². The number of hydrogen-bond donors (Lipinski definition) is 0. The molecule has 2 aliphatic rings. The topological polar surface area (TPSA) is 42.0 Å². The first-order valence-corrected chi connectivity index (χ1v) is 9.05. The molecule has 0 atom stereocenters. The number of rotatable bonds is 5. The molecule has 1 saturated heterocycles. The minimum atomic E-state index is 0.0825. The summed E-state index contributed by atoms with van der Waals surface area (Å²) in [6.07, 6.45) is 6.44. The second kappa shape index (κ2) is 8.38. The Kier molecular flexibility index (Phi) is 5.96. The van der Waals surface area contributed by atoms with E-state index in [0.717, 1.165) is 44.4 Å². The number of carbonyl (C=O) groups excluding carboxylic acids is 1. The second-order valence-electron chi connectivity index (χ2n) is 6.67. The first-order chi connectivity index (χ1) is 11.8. The van der Waals surface area contributed by atoms with E-state index in [9.17, 15) is 4.79 Å². The summed E-state index contributed by atoms with van der Waals surface area (Å²) in [5.41, 5.74) is 0. The van der Waals surface area contributed by atoms with Crippen LogP contribution in [0.4, 0.5) is 0 Å². The van der Waals surface area contributed by atoms with Crippen molar-refractivity contribution in [3.63, 3.8) is 0 Å². The molecule has 2 fully saturated rings. The van der Waals surface area contributed by atoms with Crippen molar-refractivity contribution in [2.75, 3.05) is 39.9 Å². The van der Waals surface area contributed by atoms with E-state index in [1.165, 1.54) is 25.7 Å². The van der Waals surface area contributed by atoms with Gasteiger partial charge in [-0.25, -0.2) is 0 Å². The molecule has 1 saturated carbocycles. The van der Waals surface area contributed by atoms with Crippen molar-refractivity contribution >= 4 is 5.91 Å². The lowest BCUT2D eigenvalue weighted by Crippen LogP contribution is -2.40. The van der Waals surface area contributed by atoms with Gasteiger partial charge >= 0.3 is 0 Å². The summed E-state index contributed by atoms with van der Waals surface area (Å²) in [5, 5.41) is 0. The maximum Gasteiger partial charge on any atom is 0.260 e. The third-order valence-corrected chi connectivity index (χ3v) is 5.15. The lowest BCUT2D eigenvalue weighted by molar-refractivity contribution is -0.133. The van der Waals surface area contributed by atoms with E-state index in [1.54, 1.807) is 7.11 Å². The predicted octanol–water partition coefficient (Wildman–Crippen LogP) is 2.55. The summed E-state index contributed by atoms with van der Waals surface area (Å²) in [7, 11) is 1.63. The second-order valence-corrected chi connectivity index (χ2v) is 6.67. The van der Waals surface area contributed by atoms with E-state index in [-0.39, 0.29) is 12.5 Å². The van der Waals surface area contributed by atoms with Crippen LogP contribution in [0.3, 0.4) is 0 Å². The quantitative estimate of drug-likeness (QED) is 0.831. The Morgan fingerprint density at radius 1 is 1.00 bits per heavy atom. The predicted molar refractivity (Wildman–Crippen MR) is 93.5 cm³/mol. The van der Waals surface area contributed by atoms with Crippen molar-refractivity contribution < 1.29 is 14.3 Å². The number of methoxy groups -OCH3 is 1. The smallest absolute Gasteiger partial charge is 0.260 e. The van der Waals surface area contributed by atoms with E-state index in [1.807, 2.05) is 29.2 Å². The van der Waals surface area contributed by atoms with Crippen molar-refractivity contribution in [2.24, 2.45) is 0 Å². The largest absolute Gasteiger partial charge is 0.497 e. The number of nitrogens with zero attached hydrogens (tertiary/aromatic N) is 2. The van der Waals surface area contributed by atoms with Crippen LogP contribution >= 0.6 is 0 Å². The van der Waals surface area contributed by atoms with Crippen molar-refractivity contribution in [1.82, 2.24) is 9.80 Å². The highest BCUT2D eigenvalue weighted by Crippen LogP contribution is 2.24. The van der Waals surface area contributed by atoms with Crippen LogP contribution in [0.1, 0.15) is 32.1 Å². The lowest BCUT2D eigenvalue weighted by Gasteiger charge is -2.27. The van der Waals surface area contributed by atoms with Crippen LogP contribution in [-0.2, 0) is 4.79 Å². The Morgan fingerprint density at radius 3 is 2.42 bits per heavy atom. The van der Waals surface area contributed by atoms with Gasteiger partial charge in [0.25, 0.3) is 5.91 Å². The van der Waals surface area contributed by atoms with E-state index in [0.29, 0.717) is 5.75 Å². The highest BCUT2D eigenvalue weighted by molar-refractivity contribution is 5.77. The standard InChI is InChI=1S/C19H28N2O3/c1-23-17-7-9-18(10-8-17)24-15-19(22)21-12-4-11-20(13-14-21)16-5-2-3-6-16/h7-10,16H,2-6,11-15H2,1H3. The fourth-order valence-corrected chi connectivity index (χ4v) is 3.73. The van der Waals surface area contributed by atoms with Crippen LogP contribution in [0.25, 0.3) is 0 Å². The van der Waals surface area contributed by atoms with Gasteiger partial charge in [0.05, 0.1) is 7.11 Å². The van der Waals surface area contributed by atoms with Crippen LogP contribution in [0.15, 0.2) is 24.3 Å². The highest BCUT2D eigenvalue weighted by Gasteiger charge is 2.26. The van der Waals surface area contributed by atoms with Gasteiger partial charge in [0.1, 0.15) is 11.5 Å². The average Bonchev–Trinajstić information content (AvgIpc) is 3.04. The third kappa shape index (κ3) is 4.41. The zero-order valence-corrected chi connectivity index (χ0v) is 14.6. The molecule has 3 rings (SSSR count). The lowest BCUT2D eigenvalue weighted by atomic mass is 10.2. The van der Waals surface area contributed by atoms with Crippen molar-refractivity contribution in [3.8, 4) is 11.5 Å². The maximum absolute atomic E-state index is 12.4. The molecule has 0 N–H and O–H groups in total. The Morgan fingerprint density at radius 2 is 1.71 bits per heavy atom. The first kappa shape index (κ1) is 17.1. The van der Waals surface area contributed by atoms with Gasteiger partial charge in [-0.3, -0.25) is 9.69 Å². The number of ether oxygens (including phenoxy) is 2. The van der Waals surface area contributed by atoms with Gasteiger partial charge in [-0.15, -0.1) is 0 Å². The number of amides is 1. The molecule has 0 bridgehead atoms. The molecule has 1 aliphatic carbocycles. The monoisotopic (exact) mass is 332 g/mol. The molecular formula is C19H28N2O3. The Balaban J connectivity index is 1.46. The Labute approximate surface area is 144 Å². The van der Waals surface area contributed by atoms with Crippen molar-refractivity contribution in [2.45, 2.75) is 38.1 Å². The molecular weight excluding hydrogens is 304 g/mol. The molecule has 1 aromatic rings. The van der Waals surface area contributed by atoms with Crippen LogP contribution in [0.5, 0.6) is 11.5 Å². The third-order valence-electron chi connectivity index (χ3n) is 5.15.